The van der Waals surface area contributed by atoms with Gasteiger partial charge in [-0.15, -0.1) is 0 Å². The van der Waals surface area contributed by atoms with E-state index in [0.717, 1.165) is 0 Å². The summed E-state index contributed by atoms with van der Waals surface area (Å²) in [4.78, 5) is 25.6. The minimum Gasteiger partial charge on any atom is -0.478 e. The summed E-state index contributed by atoms with van der Waals surface area (Å²) in [5, 5.41) is 9.09. The second kappa shape index (κ2) is 6.17. The highest BCUT2D eigenvalue weighted by Gasteiger charge is 2.21. The number of carbonyl (C=O) groups is 2. The van der Waals surface area contributed by atoms with Crippen LogP contribution in [0.2, 0.25) is 0 Å². The molecule has 6 heteroatoms. The van der Waals surface area contributed by atoms with Crippen molar-refractivity contribution in [1.29, 1.82) is 0 Å². The Kier molecular flexibility index (Phi) is 4.86. The molecule has 1 aromatic rings. The molecule has 0 aliphatic rings. The molecule has 0 spiro atoms. The number of carbonyl (C=O) groups excluding carboxylic acids is 1. The molecule has 19 heavy (non-hydrogen) atoms. The third kappa shape index (κ3) is 3.43. The van der Waals surface area contributed by atoms with Crippen LogP contribution in [0, 0.1) is 5.82 Å². The summed E-state index contributed by atoms with van der Waals surface area (Å²) in [5.74, 6) is -2.08. The zero-order chi connectivity index (χ0) is 14.6. The van der Waals surface area contributed by atoms with Gasteiger partial charge in [0, 0.05) is 20.6 Å². The lowest BCUT2D eigenvalue weighted by molar-refractivity contribution is -0.127. The monoisotopic (exact) mass is 268 g/mol. The Morgan fingerprint density at radius 1 is 1.32 bits per heavy atom. The topological polar surface area (TPSA) is 60.9 Å². The molecule has 0 unspecified atom stereocenters. The molecule has 0 fully saturated rings. The normalized spacial score (nSPS) is 10.1. The fourth-order valence-corrected chi connectivity index (χ4v) is 1.66. The van der Waals surface area contributed by atoms with Crippen molar-refractivity contribution in [1.82, 2.24) is 4.90 Å². The maximum Gasteiger partial charge on any atom is 0.337 e. The fourth-order valence-electron chi connectivity index (χ4n) is 1.66. The summed E-state index contributed by atoms with van der Waals surface area (Å²) in [5.41, 5.74) is -0.193. The van der Waals surface area contributed by atoms with E-state index in [1.165, 1.54) is 28.0 Å². The molecule has 1 amide bonds. The number of hydrogen-bond acceptors (Lipinski definition) is 3. The molecule has 0 heterocycles. The van der Waals surface area contributed by atoms with Gasteiger partial charge >= 0.3 is 5.97 Å². The zero-order valence-electron chi connectivity index (χ0n) is 11.2. The van der Waals surface area contributed by atoms with Crippen LogP contribution in [0.25, 0.3) is 0 Å². The largest absolute Gasteiger partial charge is 0.478 e. The van der Waals surface area contributed by atoms with E-state index in [1.807, 2.05) is 0 Å². The van der Waals surface area contributed by atoms with Crippen molar-refractivity contribution < 1.29 is 19.1 Å². The molecule has 0 saturated heterocycles. The molecule has 1 N–H and O–H groups in total. The molecule has 0 aliphatic heterocycles. The number of nitrogens with zero attached hydrogens (tertiary/aromatic N) is 2. The van der Waals surface area contributed by atoms with E-state index in [9.17, 15) is 14.0 Å². The summed E-state index contributed by atoms with van der Waals surface area (Å²) in [6, 6.07) is 3.85. The van der Waals surface area contributed by atoms with Gasteiger partial charge in [-0.05, 0) is 19.1 Å². The first-order valence-electron chi connectivity index (χ1n) is 5.85. The van der Waals surface area contributed by atoms with Crippen molar-refractivity contribution in [2.45, 2.75) is 6.92 Å². The Balaban J connectivity index is 3.17. The van der Waals surface area contributed by atoms with Gasteiger partial charge < -0.3 is 14.9 Å². The van der Waals surface area contributed by atoms with Gasteiger partial charge in [0.2, 0.25) is 5.91 Å². The van der Waals surface area contributed by atoms with Gasteiger partial charge in [0.15, 0.2) is 0 Å². The highest BCUT2D eigenvalue weighted by atomic mass is 19.1. The molecule has 0 aromatic heterocycles. The minimum absolute atomic E-state index is 0.0484. The van der Waals surface area contributed by atoms with E-state index in [0.29, 0.717) is 6.54 Å². The number of carboxylic acids is 1. The first-order chi connectivity index (χ1) is 8.88. The predicted octanol–water partition coefficient (Wildman–Crippen LogP) is 1.44. The van der Waals surface area contributed by atoms with Gasteiger partial charge in [-0.3, -0.25) is 4.79 Å². The number of hydrogen-bond donors (Lipinski definition) is 1. The second-order valence-electron chi connectivity index (χ2n) is 4.24. The summed E-state index contributed by atoms with van der Waals surface area (Å²) >= 11 is 0. The molecule has 1 rings (SSSR count). The van der Waals surface area contributed by atoms with Crippen LogP contribution < -0.4 is 4.90 Å². The number of benzene rings is 1. The van der Waals surface area contributed by atoms with Crippen molar-refractivity contribution in [2.75, 3.05) is 32.1 Å². The molecule has 0 aliphatic carbocycles. The third-order valence-electron chi connectivity index (χ3n) is 2.74. The number of halogens is 1. The molecule has 0 bridgehead atoms. The number of anilines is 1. The average Bonchev–Trinajstić information content (AvgIpc) is 2.35. The number of amides is 1. The SMILES string of the molecule is CCN(CC(=O)N(C)C)c1c(F)cccc1C(=O)O. The molecular formula is C13H17FN2O3. The maximum absolute atomic E-state index is 13.9. The van der Waals surface area contributed by atoms with Gasteiger partial charge in [-0.1, -0.05) is 6.07 Å². The van der Waals surface area contributed by atoms with Gasteiger partial charge in [0.1, 0.15) is 5.82 Å². The van der Waals surface area contributed by atoms with Crippen molar-refractivity contribution in [2.24, 2.45) is 0 Å². The van der Waals surface area contributed by atoms with Crippen LogP contribution in [0.3, 0.4) is 0 Å². The van der Waals surface area contributed by atoms with E-state index in [1.54, 1.807) is 21.0 Å². The Hall–Kier alpha value is -2.11. The smallest absolute Gasteiger partial charge is 0.337 e. The summed E-state index contributed by atoms with van der Waals surface area (Å²) in [6.07, 6.45) is 0. The summed E-state index contributed by atoms with van der Waals surface area (Å²) in [6.45, 7) is 2.01. The highest BCUT2D eigenvalue weighted by Crippen LogP contribution is 2.24. The van der Waals surface area contributed by atoms with Crippen LogP contribution >= 0.6 is 0 Å². The standard InChI is InChI=1S/C13H17FN2O3/c1-4-16(8-11(17)15(2)3)12-9(13(18)19)6-5-7-10(12)14/h5-7H,4,8H2,1-3H3,(H,18,19). The number of likely N-dealkylation sites (N-methyl/N-ethyl adjacent to an activating group) is 2. The fraction of sp³-hybridized carbons (Fsp3) is 0.385. The maximum atomic E-state index is 13.9. The van der Waals surface area contributed by atoms with E-state index in [2.05, 4.69) is 0 Å². The lowest BCUT2D eigenvalue weighted by Crippen LogP contribution is -2.37. The van der Waals surface area contributed by atoms with Gasteiger partial charge in [-0.25, -0.2) is 9.18 Å². The molecule has 104 valence electrons. The van der Waals surface area contributed by atoms with Gasteiger partial charge in [0.05, 0.1) is 17.8 Å². The van der Waals surface area contributed by atoms with E-state index in [4.69, 9.17) is 5.11 Å². The van der Waals surface area contributed by atoms with Crippen molar-refractivity contribution >= 4 is 17.6 Å². The van der Waals surface area contributed by atoms with Crippen LogP contribution in [0.5, 0.6) is 0 Å². The zero-order valence-corrected chi connectivity index (χ0v) is 11.2. The Morgan fingerprint density at radius 3 is 2.42 bits per heavy atom. The van der Waals surface area contributed by atoms with E-state index in [-0.39, 0.29) is 23.7 Å². The lowest BCUT2D eigenvalue weighted by atomic mass is 10.1. The minimum atomic E-state index is -1.22. The number of aromatic carboxylic acids is 1. The van der Waals surface area contributed by atoms with E-state index < -0.39 is 11.8 Å². The van der Waals surface area contributed by atoms with E-state index >= 15 is 0 Å². The Morgan fingerprint density at radius 2 is 1.95 bits per heavy atom. The first kappa shape index (κ1) is 14.9. The Bertz CT molecular complexity index is 489. The lowest BCUT2D eigenvalue weighted by Gasteiger charge is -2.25. The number of para-hydroxylation sites is 1. The predicted molar refractivity (Wildman–Crippen MR) is 69.9 cm³/mol. The van der Waals surface area contributed by atoms with Crippen molar-refractivity contribution in [3.05, 3.63) is 29.6 Å². The molecular weight excluding hydrogens is 251 g/mol. The second-order valence-corrected chi connectivity index (χ2v) is 4.24. The Labute approximate surface area is 111 Å². The van der Waals surface area contributed by atoms with Crippen LogP contribution in [0.4, 0.5) is 10.1 Å². The first-order valence-corrected chi connectivity index (χ1v) is 5.85. The van der Waals surface area contributed by atoms with Gasteiger partial charge in [0.25, 0.3) is 0 Å². The molecule has 0 saturated carbocycles. The summed E-state index contributed by atoms with van der Waals surface area (Å²) in [7, 11) is 3.19. The molecule has 0 atom stereocenters. The third-order valence-corrected chi connectivity index (χ3v) is 2.74. The highest BCUT2D eigenvalue weighted by molar-refractivity contribution is 5.95. The van der Waals surface area contributed by atoms with Crippen molar-refractivity contribution in [3.8, 4) is 0 Å². The van der Waals surface area contributed by atoms with Gasteiger partial charge in [-0.2, -0.15) is 0 Å². The number of carboxylic acid groups (broad SMARTS) is 1. The molecule has 1 aromatic carbocycles. The van der Waals surface area contributed by atoms with Crippen LogP contribution in [0.1, 0.15) is 17.3 Å². The van der Waals surface area contributed by atoms with Crippen LogP contribution in [0.15, 0.2) is 18.2 Å². The molecule has 0 radical (unpaired) electrons. The summed E-state index contributed by atoms with van der Waals surface area (Å²) < 4.78 is 13.9. The number of rotatable bonds is 5. The van der Waals surface area contributed by atoms with Crippen molar-refractivity contribution in [3.63, 3.8) is 0 Å². The van der Waals surface area contributed by atoms with Crippen LogP contribution in [-0.2, 0) is 4.79 Å². The molecule has 5 nitrogen and oxygen atoms in total. The van der Waals surface area contributed by atoms with Crippen LogP contribution in [-0.4, -0.2) is 49.1 Å². The average molecular weight is 268 g/mol. The quantitative estimate of drug-likeness (QED) is 0.877.